The summed E-state index contributed by atoms with van der Waals surface area (Å²) in [5.41, 5.74) is 24.6. The van der Waals surface area contributed by atoms with Crippen molar-refractivity contribution in [2.75, 3.05) is 0 Å². The summed E-state index contributed by atoms with van der Waals surface area (Å²) in [6.45, 7) is 4.90. The van der Waals surface area contributed by atoms with E-state index in [-0.39, 0.29) is 0 Å². The average molecular weight is 845 g/mol. The van der Waals surface area contributed by atoms with Gasteiger partial charge in [-0.15, -0.1) is 0 Å². The Morgan fingerprint density at radius 3 is 1.39 bits per heavy atom. The van der Waals surface area contributed by atoms with Crippen molar-refractivity contribution in [3.05, 3.63) is 240 Å². The number of fused-ring (bicyclic) bond motifs is 9. The van der Waals surface area contributed by atoms with E-state index in [0.29, 0.717) is 11.8 Å². The third kappa shape index (κ3) is 6.02. The van der Waals surface area contributed by atoms with E-state index in [0.717, 1.165) is 12.8 Å². The highest BCUT2D eigenvalue weighted by molar-refractivity contribution is 6.13. The van der Waals surface area contributed by atoms with Crippen LogP contribution in [0.3, 0.4) is 0 Å². The minimum absolute atomic E-state index is 0.322. The maximum atomic E-state index is 2.57. The molecule has 0 radical (unpaired) electrons. The number of nitrogens with zero attached hydrogens (tertiary/aromatic N) is 2. The van der Waals surface area contributed by atoms with E-state index in [1.165, 1.54) is 122 Å². The van der Waals surface area contributed by atoms with Crippen LogP contribution in [0.2, 0.25) is 0 Å². The molecule has 2 aliphatic carbocycles. The highest BCUT2D eigenvalue weighted by Gasteiger charge is 2.32. The average Bonchev–Trinajstić information content (AvgIpc) is 3.89. The van der Waals surface area contributed by atoms with Gasteiger partial charge in [-0.05, 0) is 158 Å². The van der Waals surface area contributed by atoms with Gasteiger partial charge in [0.15, 0.2) is 0 Å². The van der Waals surface area contributed by atoms with Crippen LogP contribution in [0.5, 0.6) is 0 Å². The molecule has 0 bridgehead atoms. The van der Waals surface area contributed by atoms with Crippen LogP contribution in [0.1, 0.15) is 60.1 Å². The van der Waals surface area contributed by atoms with E-state index >= 15 is 0 Å². The van der Waals surface area contributed by atoms with Crippen LogP contribution in [0.25, 0.3) is 100 Å². The SMILES string of the molecule is CC1c2cc3c4c(n(-c5ccccc5)c3cc2-c2cc3c(cc2C1C)c1cc(-c2ccccc2-c2ccccc2)ccc1n3-c1ccccc1)CCC(c1ccccc1-c1ccccc1)=C4. The third-order valence-corrected chi connectivity index (χ3v) is 14.9. The first-order valence-corrected chi connectivity index (χ1v) is 23.5. The van der Waals surface area contributed by atoms with Crippen LogP contribution >= 0.6 is 0 Å². The maximum absolute atomic E-state index is 2.57. The van der Waals surface area contributed by atoms with Crippen molar-refractivity contribution in [1.29, 1.82) is 0 Å². The molecule has 9 aromatic carbocycles. The fraction of sp³-hybridized carbons (Fsp3) is 0.0938. The maximum Gasteiger partial charge on any atom is 0.0547 e. The smallest absolute Gasteiger partial charge is 0.0547 e. The molecule has 2 aromatic heterocycles. The summed E-state index contributed by atoms with van der Waals surface area (Å²) in [6, 6.07) is 78.7. The van der Waals surface area contributed by atoms with E-state index in [2.05, 4.69) is 241 Å². The normalized spacial score (nSPS) is 15.4. The Balaban J connectivity index is 1.04. The van der Waals surface area contributed by atoms with E-state index in [9.17, 15) is 0 Å². The lowest BCUT2D eigenvalue weighted by molar-refractivity contribution is 0.617. The molecule has 314 valence electrons. The summed E-state index contributed by atoms with van der Waals surface area (Å²) in [7, 11) is 0. The number of aromatic nitrogens is 2. The molecule has 0 saturated carbocycles. The van der Waals surface area contributed by atoms with Gasteiger partial charge in [0.1, 0.15) is 0 Å². The first-order chi connectivity index (χ1) is 32.6. The van der Waals surface area contributed by atoms with Crippen LogP contribution in [-0.4, -0.2) is 9.13 Å². The van der Waals surface area contributed by atoms with E-state index in [4.69, 9.17) is 0 Å². The molecule has 2 nitrogen and oxygen atoms in total. The van der Waals surface area contributed by atoms with Gasteiger partial charge < -0.3 is 9.13 Å². The second-order valence-electron chi connectivity index (χ2n) is 18.4. The molecule has 2 atom stereocenters. The topological polar surface area (TPSA) is 9.86 Å². The largest absolute Gasteiger partial charge is 0.313 e. The van der Waals surface area contributed by atoms with Crippen molar-refractivity contribution in [3.63, 3.8) is 0 Å². The Morgan fingerprint density at radius 2 is 0.803 bits per heavy atom. The summed E-state index contributed by atoms with van der Waals surface area (Å²) >= 11 is 0. The van der Waals surface area contributed by atoms with Crippen LogP contribution in [0.15, 0.2) is 212 Å². The Bertz CT molecular complexity index is 3700. The number of benzene rings is 9. The lowest BCUT2D eigenvalue weighted by Crippen LogP contribution is -2.13. The first-order valence-electron chi connectivity index (χ1n) is 23.5. The van der Waals surface area contributed by atoms with Crippen molar-refractivity contribution in [2.24, 2.45) is 0 Å². The molecule has 11 aromatic rings. The molecular formula is C64H48N2. The number of allylic oxidation sites excluding steroid dienone is 1. The van der Waals surface area contributed by atoms with Crippen molar-refractivity contribution >= 4 is 44.4 Å². The molecule has 0 fully saturated rings. The summed E-state index contributed by atoms with van der Waals surface area (Å²) in [5, 5.41) is 3.92. The molecule has 0 spiro atoms. The molecule has 2 heteroatoms. The van der Waals surface area contributed by atoms with Crippen LogP contribution in [0.4, 0.5) is 0 Å². The number of para-hydroxylation sites is 2. The summed E-state index contributed by atoms with van der Waals surface area (Å²) < 4.78 is 5.06. The second kappa shape index (κ2) is 15.4. The van der Waals surface area contributed by atoms with Crippen LogP contribution in [0, 0.1) is 0 Å². The quantitative estimate of drug-likeness (QED) is 0.158. The number of hydrogen-bond donors (Lipinski definition) is 0. The molecule has 66 heavy (non-hydrogen) atoms. The molecule has 13 rings (SSSR count). The predicted octanol–water partition coefficient (Wildman–Crippen LogP) is 17.1. The van der Waals surface area contributed by atoms with Gasteiger partial charge in [-0.3, -0.25) is 0 Å². The van der Waals surface area contributed by atoms with Gasteiger partial charge in [0.25, 0.3) is 0 Å². The lowest BCUT2D eigenvalue weighted by atomic mass is 9.72. The predicted molar refractivity (Wildman–Crippen MR) is 279 cm³/mol. The molecule has 0 saturated heterocycles. The van der Waals surface area contributed by atoms with Gasteiger partial charge in [-0.25, -0.2) is 0 Å². The molecule has 0 N–H and O–H groups in total. The zero-order valence-corrected chi connectivity index (χ0v) is 37.2. The van der Waals surface area contributed by atoms with Crippen molar-refractivity contribution in [2.45, 2.75) is 38.5 Å². The standard InChI is InChI=1S/C64H48N2/c1-41-42(2)54-38-60-58-36-46(52-30-18-16-28-50(52)44-21-9-4-10-22-44)32-34-62(58)66(48-25-13-6-14-26-48)64(60)40-56(54)55-39-63-59(37-53(41)55)57-35-45(31-33-61(57)65(63)47-23-11-5-12-24-47)51-29-17-15-27-49(51)43-19-7-3-8-20-43/h3-31,33,35-42H,32,34H2,1-2H3. The van der Waals surface area contributed by atoms with Gasteiger partial charge in [-0.2, -0.15) is 0 Å². The molecular weight excluding hydrogens is 797 g/mol. The molecule has 0 amide bonds. The van der Waals surface area contributed by atoms with Gasteiger partial charge in [0.05, 0.1) is 16.6 Å². The van der Waals surface area contributed by atoms with Crippen LogP contribution in [-0.2, 0) is 6.42 Å². The summed E-state index contributed by atoms with van der Waals surface area (Å²) in [4.78, 5) is 0. The fourth-order valence-corrected chi connectivity index (χ4v) is 11.5. The Kier molecular flexibility index (Phi) is 8.96. The van der Waals surface area contributed by atoms with Gasteiger partial charge in [-0.1, -0.05) is 166 Å². The van der Waals surface area contributed by atoms with Gasteiger partial charge in [0.2, 0.25) is 0 Å². The first kappa shape index (κ1) is 38.5. The van der Waals surface area contributed by atoms with Gasteiger partial charge in [0, 0.05) is 38.8 Å². The van der Waals surface area contributed by atoms with E-state index in [1.54, 1.807) is 0 Å². The second-order valence-corrected chi connectivity index (χ2v) is 18.4. The minimum Gasteiger partial charge on any atom is -0.313 e. The number of hydrogen-bond acceptors (Lipinski definition) is 0. The zero-order chi connectivity index (χ0) is 43.9. The minimum atomic E-state index is 0.322. The highest BCUT2D eigenvalue weighted by Crippen LogP contribution is 2.52. The number of rotatable bonds is 6. The van der Waals surface area contributed by atoms with Crippen molar-refractivity contribution in [3.8, 4) is 55.9 Å². The monoisotopic (exact) mass is 844 g/mol. The summed E-state index contributed by atoms with van der Waals surface area (Å²) in [5.74, 6) is 0.647. The van der Waals surface area contributed by atoms with Crippen molar-refractivity contribution in [1.82, 2.24) is 9.13 Å². The highest BCUT2D eigenvalue weighted by atomic mass is 15.0. The molecule has 2 unspecified atom stereocenters. The molecule has 2 heterocycles. The van der Waals surface area contributed by atoms with E-state index < -0.39 is 0 Å². The Morgan fingerprint density at radius 1 is 0.348 bits per heavy atom. The summed E-state index contributed by atoms with van der Waals surface area (Å²) in [6.07, 6.45) is 4.47. The fourth-order valence-electron chi connectivity index (χ4n) is 11.5. The Hall–Kier alpha value is -7.94. The third-order valence-electron chi connectivity index (χ3n) is 14.9. The molecule has 2 aliphatic rings. The van der Waals surface area contributed by atoms with Crippen molar-refractivity contribution < 1.29 is 0 Å². The van der Waals surface area contributed by atoms with Gasteiger partial charge >= 0.3 is 0 Å². The van der Waals surface area contributed by atoms with E-state index in [1.807, 2.05) is 0 Å². The zero-order valence-electron chi connectivity index (χ0n) is 37.2. The molecule has 0 aliphatic heterocycles. The lowest BCUT2D eigenvalue weighted by Gasteiger charge is -2.32. The Labute approximate surface area is 386 Å². The van der Waals surface area contributed by atoms with Crippen LogP contribution < -0.4 is 0 Å².